The number of rotatable bonds is 3. The number of nitrogens with zero attached hydrogens (tertiary/aromatic N) is 4. The van der Waals surface area contributed by atoms with Crippen LogP contribution in [0.4, 0.5) is 14.6 Å². The summed E-state index contributed by atoms with van der Waals surface area (Å²) in [6, 6.07) is 5.41. The van der Waals surface area contributed by atoms with Crippen molar-refractivity contribution >= 4 is 17.4 Å². The largest absolute Gasteiger partial charge is 0.354 e. The van der Waals surface area contributed by atoms with E-state index in [0.717, 1.165) is 38.1 Å². The lowest BCUT2D eigenvalue weighted by Gasteiger charge is -2.38. The summed E-state index contributed by atoms with van der Waals surface area (Å²) < 4.78 is 27.1. The van der Waals surface area contributed by atoms with E-state index in [1.165, 1.54) is 12.1 Å². The lowest BCUT2D eigenvalue weighted by atomic mass is 10.1. The van der Waals surface area contributed by atoms with E-state index in [-0.39, 0.29) is 6.04 Å². The van der Waals surface area contributed by atoms with Crippen LogP contribution in [-0.4, -0.2) is 41.0 Å². The Balaban J connectivity index is 1.68. The molecule has 1 unspecified atom stereocenters. The number of hydrogen-bond donors (Lipinski definition) is 0. The molecule has 1 fully saturated rings. The number of aromatic nitrogens is 2. The van der Waals surface area contributed by atoms with Crippen molar-refractivity contribution in [3.63, 3.8) is 0 Å². The average molecular weight is 353 g/mol. The highest BCUT2D eigenvalue weighted by Crippen LogP contribution is 2.26. The van der Waals surface area contributed by atoms with Crippen LogP contribution >= 0.6 is 11.6 Å². The first-order valence-electron chi connectivity index (χ1n) is 7.89. The van der Waals surface area contributed by atoms with Gasteiger partial charge in [0.2, 0.25) is 0 Å². The van der Waals surface area contributed by atoms with E-state index in [1.807, 2.05) is 13.8 Å². The molecule has 2 aromatic rings. The third-order valence-corrected chi connectivity index (χ3v) is 4.59. The Morgan fingerprint density at radius 3 is 2.42 bits per heavy atom. The summed E-state index contributed by atoms with van der Waals surface area (Å²) in [6.07, 6.45) is 0. The van der Waals surface area contributed by atoms with Crippen LogP contribution < -0.4 is 4.90 Å². The third-order valence-electron chi connectivity index (χ3n) is 4.39. The predicted octanol–water partition coefficient (Wildman–Crippen LogP) is 3.60. The van der Waals surface area contributed by atoms with Crippen LogP contribution in [0.5, 0.6) is 0 Å². The molecule has 4 nitrogen and oxygen atoms in total. The van der Waals surface area contributed by atoms with E-state index in [4.69, 9.17) is 11.6 Å². The van der Waals surface area contributed by atoms with E-state index in [2.05, 4.69) is 19.8 Å². The van der Waals surface area contributed by atoms with Crippen LogP contribution in [0.15, 0.2) is 24.3 Å². The second-order valence-electron chi connectivity index (χ2n) is 5.96. The van der Waals surface area contributed by atoms with E-state index >= 15 is 0 Å². The van der Waals surface area contributed by atoms with Crippen LogP contribution in [0.3, 0.4) is 0 Å². The second-order valence-corrected chi connectivity index (χ2v) is 6.35. The van der Waals surface area contributed by atoms with Crippen molar-refractivity contribution in [3.8, 4) is 0 Å². The van der Waals surface area contributed by atoms with Crippen LogP contribution in [0.25, 0.3) is 0 Å². The fourth-order valence-electron chi connectivity index (χ4n) is 3.05. The van der Waals surface area contributed by atoms with Gasteiger partial charge in [-0.2, -0.15) is 0 Å². The first-order valence-corrected chi connectivity index (χ1v) is 8.27. The van der Waals surface area contributed by atoms with E-state index in [9.17, 15) is 8.78 Å². The Morgan fingerprint density at radius 1 is 1.08 bits per heavy atom. The van der Waals surface area contributed by atoms with Gasteiger partial charge in [-0.3, -0.25) is 4.90 Å². The zero-order valence-electron chi connectivity index (χ0n) is 13.6. The van der Waals surface area contributed by atoms with Gasteiger partial charge in [-0.15, -0.1) is 0 Å². The van der Waals surface area contributed by atoms with Gasteiger partial charge in [0.15, 0.2) is 0 Å². The quantitative estimate of drug-likeness (QED) is 0.790. The Kier molecular flexibility index (Phi) is 4.96. The summed E-state index contributed by atoms with van der Waals surface area (Å²) in [4.78, 5) is 12.8. The average Bonchev–Trinajstić information content (AvgIpc) is 2.53. The Labute approximate surface area is 145 Å². The minimum atomic E-state index is -0.552. The van der Waals surface area contributed by atoms with E-state index in [1.54, 1.807) is 6.07 Å². The van der Waals surface area contributed by atoms with Gasteiger partial charge in [-0.25, -0.2) is 18.7 Å². The lowest BCUT2D eigenvalue weighted by molar-refractivity contribution is 0.194. The molecule has 0 radical (unpaired) electrons. The highest BCUT2D eigenvalue weighted by molar-refractivity contribution is 6.29. The number of halogens is 3. The molecular weight excluding hydrogens is 334 g/mol. The molecule has 0 bridgehead atoms. The zero-order valence-corrected chi connectivity index (χ0v) is 14.4. The number of anilines is 1. The third kappa shape index (κ3) is 3.65. The molecule has 3 rings (SSSR count). The van der Waals surface area contributed by atoms with Gasteiger partial charge in [-0.05, 0) is 19.9 Å². The van der Waals surface area contributed by atoms with Gasteiger partial charge < -0.3 is 4.90 Å². The molecule has 1 saturated heterocycles. The first-order chi connectivity index (χ1) is 11.4. The molecule has 1 aliphatic heterocycles. The van der Waals surface area contributed by atoms with Crippen molar-refractivity contribution in [1.82, 2.24) is 14.9 Å². The predicted molar refractivity (Wildman–Crippen MR) is 90.3 cm³/mol. The van der Waals surface area contributed by atoms with E-state index in [0.29, 0.717) is 16.5 Å². The SMILES string of the molecule is Cc1nc(Cl)cc(N2CCN(C(C)c3ccc(F)cc3F)CC2)n1. The molecule has 0 amide bonds. The van der Waals surface area contributed by atoms with Crippen LogP contribution in [0, 0.1) is 18.6 Å². The van der Waals surface area contributed by atoms with E-state index < -0.39 is 11.6 Å². The van der Waals surface area contributed by atoms with Crippen LogP contribution in [0.2, 0.25) is 5.15 Å². The molecule has 2 heterocycles. The number of hydrogen-bond acceptors (Lipinski definition) is 4. The Hall–Kier alpha value is -1.79. The maximum atomic E-state index is 14.0. The smallest absolute Gasteiger partial charge is 0.134 e. The molecule has 1 aromatic heterocycles. The summed E-state index contributed by atoms with van der Waals surface area (Å²) in [5.41, 5.74) is 0.519. The minimum absolute atomic E-state index is 0.108. The standard InChI is InChI=1S/C17H19ClF2N4/c1-11(14-4-3-13(19)9-15(14)20)23-5-7-24(8-6-23)17-10-16(18)21-12(2)22-17/h3-4,9-11H,5-8H2,1-2H3. The maximum absolute atomic E-state index is 14.0. The van der Waals surface area contributed by atoms with Gasteiger partial charge in [0.05, 0.1) is 0 Å². The minimum Gasteiger partial charge on any atom is -0.354 e. The van der Waals surface area contributed by atoms with Crippen molar-refractivity contribution in [2.45, 2.75) is 19.9 Å². The van der Waals surface area contributed by atoms with Gasteiger partial charge in [-0.1, -0.05) is 17.7 Å². The molecule has 0 aliphatic carbocycles. The van der Waals surface area contributed by atoms with Crippen LogP contribution in [0.1, 0.15) is 24.4 Å². The zero-order chi connectivity index (χ0) is 17.3. The van der Waals surface area contributed by atoms with Crippen molar-refractivity contribution in [1.29, 1.82) is 0 Å². The molecule has 1 aliphatic rings. The van der Waals surface area contributed by atoms with Crippen molar-refractivity contribution < 1.29 is 8.78 Å². The molecule has 0 spiro atoms. The van der Waals surface area contributed by atoms with Crippen molar-refractivity contribution in [2.75, 3.05) is 31.1 Å². The second kappa shape index (κ2) is 6.99. The Morgan fingerprint density at radius 2 is 1.79 bits per heavy atom. The van der Waals surface area contributed by atoms with Gasteiger partial charge in [0.25, 0.3) is 0 Å². The molecule has 0 saturated carbocycles. The number of piperazine rings is 1. The van der Waals surface area contributed by atoms with Crippen molar-refractivity contribution in [3.05, 3.63) is 52.4 Å². The summed E-state index contributed by atoms with van der Waals surface area (Å²) in [5.74, 6) is 0.405. The molecule has 128 valence electrons. The monoisotopic (exact) mass is 352 g/mol. The normalized spacial score (nSPS) is 17.1. The number of benzene rings is 1. The molecular formula is C17H19ClF2N4. The maximum Gasteiger partial charge on any atom is 0.134 e. The highest BCUT2D eigenvalue weighted by atomic mass is 35.5. The molecule has 24 heavy (non-hydrogen) atoms. The molecule has 1 atom stereocenters. The molecule has 7 heteroatoms. The van der Waals surface area contributed by atoms with Crippen LogP contribution in [-0.2, 0) is 0 Å². The van der Waals surface area contributed by atoms with Gasteiger partial charge in [0, 0.05) is 49.9 Å². The Bertz CT molecular complexity index is 712. The molecule has 0 N–H and O–H groups in total. The molecule has 1 aromatic carbocycles. The summed E-state index contributed by atoms with van der Waals surface area (Å²) in [5, 5.41) is 0.432. The van der Waals surface area contributed by atoms with Crippen molar-refractivity contribution in [2.24, 2.45) is 0 Å². The summed E-state index contributed by atoms with van der Waals surface area (Å²) in [6.45, 7) is 6.81. The first kappa shape index (κ1) is 17.0. The van der Waals surface area contributed by atoms with Gasteiger partial charge >= 0.3 is 0 Å². The highest BCUT2D eigenvalue weighted by Gasteiger charge is 2.24. The topological polar surface area (TPSA) is 32.3 Å². The fraction of sp³-hybridized carbons (Fsp3) is 0.412. The number of aryl methyl sites for hydroxylation is 1. The fourth-order valence-corrected chi connectivity index (χ4v) is 3.27. The summed E-state index contributed by atoms with van der Waals surface area (Å²) >= 11 is 6.00. The summed E-state index contributed by atoms with van der Waals surface area (Å²) in [7, 11) is 0. The lowest BCUT2D eigenvalue weighted by Crippen LogP contribution is -2.47. The van der Waals surface area contributed by atoms with Gasteiger partial charge in [0.1, 0.15) is 28.4 Å².